The van der Waals surface area contributed by atoms with Gasteiger partial charge in [0.25, 0.3) is 0 Å². The van der Waals surface area contributed by atoms with Crippen molar-refractivity contribution in [3.05, 3.63) is 12.7 Å². The highest BCUT2D eigenvalue weighted by Crippen LogP contribution is 2.16. The summed E-state index contributed by atoms with van der Waals surface area (Å²) in [6.07, 6.45) is 16.1. The summed E-state index contributed by atoms with van der Waals surface area (Å²) in [6, 6.07) is 0. The van der Waals surface area contributed by atoms with E-state index in [0.717, 1.165) is 12.8 Å². The highest BCUT2D eigenvalue weighted by Gasteiger charge is 2.14. The zero-order valence-electron chi connectivity index (χ0n) is 12.7. The highest BCUT2D eigenvalue weighted by molar-refractivity contribution is 5.70. The van der Waals surface area contributed by atoms with Gasteiger partial charge in [-0.05, 0) is 12.8 Å². The van der Waals surface area contributed by atoms with E-state index in [-0.39, 0.29) is 5.92 Å². The maximum absolute atomic E-state index is 10.9. The van der Waals surface area contributed by atoms with Gasteiger partial charge in [-0.2, -0.15) is 0 Å². The van der Waals surface area contributed by atoms with Crippen LogP contribution in [0.3, 0.4) is 0 Å². The second-order valence-corrected chi connectivity index (χ2v) is 5.53. The summed E-state index contributed by atoms with van der Waals surface area (Å²) < 4.78 is 0. The summed E-state index contributed by atoms with van der Waals surface area (Å²) in [6.45, 7) is 5.87. The lowest BCUT2D eigenvalue weighted by Crippen LogP contribution is -2.12. The quantitative estimate of drug-likeness (QED) is 0.330. The maximum Gasteiger partial charge on any atom is 0.306 e. The fraction of sp³-hybridized carbons (Fsp3) is 0.824. The van der Waals surface area contributed by atoms with Crippen LogP contribution in [-0.4, -0.2) is 11.1 Å². The molecule has 2 nitrogen and oxygen atoms in total. The van der Waals surface area contributed by atoms with Gasteiger partial charge < -0.3 is 5.11 Å². The Labute approximate surface area is 119 Å². The summed E-state index contributed by atoms with van der Waals surface area (Å²) in [5.74, 6) is -0.887. The van der Waals surface area contributed by atoms with Crippen molar-refractivity contribution in [2.45, 2.75) is 84.0 Å². The summed E-state index contributed by atoms with van der Waals surface area (Å²) in [4.78, 5) is 10.9. The minimum absolute atomic E-state index is 0.216. The van der Waals surface area contributed by atoms with E-state index in [9.17, 15) is 4.79 Å². The first-order valence-electron chi connectivity index (χ1n) is 8.06. The molecule has 0 saturated heterocycles. The third kappa shape index (κ3) is 12.0. The number of carbonyl (C=O) groups is 1. The highest BCUT2D eigenvalue weighted by atomic mass is 16.4. The minimum Gasteiger partial charge on any atom is -0.481 e. The average molecular weight is 268 g/mol. The van der Waals surface area contributed by atoms with Gasteiger partial charge in [0.05, 0.1) is 5.92 Å². The van der Waals surface area contributed by atoms with Crippen molar-refractivity contribution in [1.29, 1.82) is 0 Å². The van der Waals surface area contributed by atoms with Crippen LogP contribution >= 0.6 is 0 Å². The second-order valence-electron chi connectivity index (χ2n) is 5.53. The van der Waals surface area contributed by atoms with Gasteiger partial charge in [0.15, 0.2) is 0 Å². The van der Waals surface area contributed by atoms with Gasteiger partial charge in [0.1, 0.15) is 0 Å². The number of hydrogen-bond donors (Lipinski definition) is 1. The van der Waals surface area contributed by atoms with Gasteiger partial charge in [-0.3, -0.25) is 4.79 Å². The Hall–Kier alpha value is -0.790. The molecule has 0 aliphatic rings. The molecule has 19 heavy (non-hydrogen) atoms. The number of allylic oxidation sites excluding steroid dienone is 1. The van der Waals surface area contributed by atoms with Crippen molar-refractivity contribution in [1.82, 2.24) is 0 Å². The first kappa shape index (κ1) is 18.2. The van der Waals surface area contributed by atoms with Crippen LogP contribution in [0.15, 0.2) is 12.7 Å². The lowest BCUT2D eigenvalue weighted by molar-refractivity contribution is -0.141. The Morgan fingerprint density at radius 3 is 1.89 bits per heavy atom. The zero-order chi connectivity index (χ0) is 14.3. The van der Waals surface area contributed by atoms with Crippen LogP contribution < -0.4 is 0 Å². The van der Waals surface area contributed by atoms with Gasteiger partial charge in [-0.1, -0.05) is 77.2 Å². The molecule has 0 aliphatic heterocycles. The number of carboxylic acids is 1. The molecule has 0 aromatic heterocycles. The maximum atomic E-state index is 10.9. The van der Waals surface area contributed by atoms with Gasteiger partial charge in [0.2, 0.25) is 0 Å². The Morgan fingerprint density at radius 1 is 1.00 bits per heavy atom. The van der Waals surface area contributed by atoms with Crippen molar-refractivity contribution in [2.24, 2.45) is 5.92 Å². The lowest BCUT2D eigenvalue weighted by atomic mass is 9.97. The minimum atomic E-state index is -0.671. The predicted molar refractivity (Wildman–Crippen MR) is 82.4 cm³/mol. The Bertz CT molecular complexity index is 223. The molecule has 0 aliphatic carbocycles. The smallest absolute Gasteiger partial charge is 0.306 e. The van der Waals surface area contributed by atoms with Gasteiger partial charge in [-0.25, -0.2) is 0 Å². The number of rotatable bonds is 14. The molecule has 0 heterocycles. The number of hydrogen-bond acceptors (Lipinski definition) is 1. The van der Waals surface area contributed by atoms with Crippen LogP contribution in [0.4, 0.5) is 0 Å². The molecule has 0 aromatic carbocycles. The van der Waals surface area contributed by atoms with E-state index in [4.69, 9.17) is 5.11 Å². The van der Waals surface area contributed by atoms with Crippen LogP contribution in [0.1, 0.15) is 84.0 Å². The molecular weight excluding hydrogens is 236 g/mol. The number of aliphatic carboxylic acids is 1. The SMILES string of the molecule is C=CCC(CCCCCCCCCCCC)C(=O)O. The predicted octanol–water partition coefficient (Wildman–Crippen LogP) is 5.57. The van der Waals surface area contributed by atoms with E-state index in [2.05, 4.69) is 13.5 Å². The van der Waals surface area contributed by atoms with Gasteiger partial charge in [0, 0.05) is 0 Å². The Kier molecular flexibility index (Phi) is 13.1. The summed E-state index contributed by atoms with van der Waals surface area (Å²) >= 11 is 0. The van der Waals surface area contributed by atoms with E-state index >= 15 is 0 Å². The van der Waals surface area contributed by atoms with Crippen molar-refractivity contribution in [3.8, 4) is 0 Å². The molecule has 1 atom stereocenters. The van der Waals surface area contributed by atoms with E-state index in [0.29, 0.717) is 6.42 Å². The summed E-state index contributed by atoms with van der Waals surface area (Å²) in [5, 5.41) is 9.00. The molecule has 0 bridgehead atoms. The van der Waals surface area contributed by atoms with E-state index in [1.54, 1.807) is 6.08 Å². The van der Waals surface area contributed by atoms with Crippen molar-refractivity contribution in [2.75, 3.05) is 0 Å². The molecule has 0 aromatic rings. The van der Waals surface area contributed by atoms with Crippen molar-refractivity contribution >= 4 is 5.97 Å². The first-order chi connectivity index (χ1) is 9.22. The molecule has 0 radical (unpaired) electrons. The third-order valence-corrected chi connectivity index (χ3v) is 3.71. The summed E-state index contributed by atoms with van der Waals surface area (Å²) in [5.41, 5.74) is 0. The normalized spacial score (nSPS) is 12.3. The molecule has 112 valence electrons. The zero-order valence-corrected chi connectivity index (χ0v) is 12.7. The molecule has 0 amide bonds. The topological polar surface area (TPSA) is 37.3 Å². The molecule has 2 heteroatoms. The Balaban J connectivity index is 3.29. The van der Waals surface area contributed by atoms with Crippen LogP contribution in [-0.2, 0) is 4.79 Å². The molecule has 0 saturated carbocycles. The standard InChI is InChI=1S/C17H32O2/c1-3-5-6-7-8-9-10-11-12-13-15-16(14-4-2)17(18)19/h4,16H,2-3,5-15H2,1H3,(H,18,19). The van der Waals surface area contributed by atoms with Crippen molar-refractivity contribution in [3.63, 3.8) is 0 Å². The fourth-order valence-electron chi connectivity index (χ4n) is 2.42. The molecular formula is C17H32O2. The van der Waals surface area contributed by atoms with Crippen LogP contribution in [0.5, 0.6) is 0 Å². The van der Waals surface area contributed by atoms with Crippen LogP contribution in [0, 0.1) is 5.92 Å². The monoisotopic (exact) mass is 268 g/mol. The third-order valence-electron chi connectivity index (χ3n) is 3.71. The van der Waals surface area contributed by atoms with E-state index < -0.39 is 5.97 Å². The molecule has 1 N–H and O–H groups in total. The van der Waals surface area contributed by atoms with E-state index in [1.807, 2.05) is 0 Å². The lowest BCUT2D eigenvalue weighted by Gasteiger charge is -2.09. The molecule has 0 spiro atoms. The largest absolute Gasteiger partial charge is 0.481 e. The van der Waals surface area contributed by atoms with Crippen molar-refractivity contribution < 1.29 is 9.90 Å². The van der Waals surface area contributed by atoms with Gasteiger partial charge in [-0.15, -0.1) is 6.58 Å². The molecule has 0 fully saturated rings. The molecule has 0 rings (SSSR count). The van der Waals surface area contributed by atoms with Gasteiger partial charge >= 0.3 is 5.97 Å². The number of unbranched alkanes of at least 4 members (excludes halogenated alkanes) is 9. The number of carboxylic acid groups (broad SMARTS) is 1. The molecule has 1 unspecified atom stereocenters. The first-order valence-corrected chi connectivity index (χ1v) is 8.06. The van der Waals surface area contributed by atoms with Crippen LogP contribution in [0.2, 0.25) is 0 Å². The average Bonchev–Trinajstić information content (AvgIpc) is 2.39. The second kappa shape index (κ2) is 13.6. The summed E-state index contributed by atoms with van der Waals surface area (Å²) in [7, 11) is 0. The van der Waals surface area contributed by atoms with E-state index in [1.165, 1.54) is 57.8 Å². The fourth-order valence-corrected chi connectivity index (χ4v) is 2.42. The van der Waals surface area contributed by atoms with Crippen LogP contribution in [0.25, 0.3) is 0 Å². The Morgan fingerprint density at radius 2 is 1.47 bits per heavy atom.